The van der Waals surface area contributed by atoms with E-state index in [-0.39, 0.29) is 11.9 Å². The van der Waals surface area contributed by atoms with Crippen LogP contribution in [0.15, 0.2) is 12.4 Å². The first-order chi connectivity index (χ1) is 8.08. The number of hydrogen-bond donors (Lipinski definition) is 0. The molecule has 0 aliphatic rings. The van der Waals surface area contributed by atoms with Gasteiger partial charge in [0.1, 0.15) is 5.82 Å². The van der Waals surface area contributed by atoms with Gasteiger partial charge in [0.25, 0.3) is 0 Å². The van der Waals surface area contributed by atoms with E-state index < -0.39 is 0 Å². The number of imidazole rings is 1. The predicted molar refractivity (Wildman–Crippen MR) is 65.4 cm³/mol. The van der Waals surface area contributed by atoms with Crippen molar-refractivity contribution in [1.82, 2.24) is 14.5 Å². The molecule has 0 bridgehead atoms. The molecule has 1 atom stereocenters. The molecule has 1 rings (SSSR count). The summed E-state index contributed by atoms with van der Waals surface area (Å²) in [5.41, 5.74) is 0. The average molecular weight is 239 g/mol. The highest BCUT2D eigenvalue weighted by Gasteiger charge is 2.16. The van der Waals surface area contributed by atoms with Crippen molar-refractivity contribution in [2.75, 3.05) is 20.7 Å². The van der Waals surface area contributed by atoms with Gasteiger partial charge in [0.05, 0.1) is 19.6 Å². The lowest BCUT2D eigenvalue weighted by Gasteiger charge is -2.19. The Bertz CT molecular complexity index is 362. The van der Waals surface area contributed by atoms with Gasteiger partial charge in [-0.2, -0.15) is 0 Å². The summed E-state index contributed by atoms with van der Waals surface area (Å²) in [4.78, 5) is 17.7. The summed E-state index contributed by atoms with van der Waals surface area (Å²) in [5.74, 6) is 0.734. The van der Waals surface area contributed by atoms with Gasteiger partial charge in [0, 0.05) is 25.5 Å². The third kappa shape index (κ3) is 3.85. The van der Waals surface area contributed by atoms with E-state index in [1.807, 2.05) is 20.2 Å². The van der Waals surface area contributed by atoms with Gasteiger partial charge in [0.15, 0.2) is 0 Å². The fraction of sp³-hybridized carbons (Fsp3) is 0.667. The number of nitrogens with zero attached hydrogens (tertiary/aromatic N) is 3. The third-order valence-corrected chi connectivity index (χ3v) is 2.74. The Morgan fingerprint density at radius 1 is 1.65 bits per heavy atom. The largest absolute Gasteiger partial charge is 0.469 e. The van der Waals surface area contributed by atoms with Crippen LogP contribution in [0.3, 0.4) is 0 Å². The molecule has 0 aliphatic heterocycles. The van der Waals surface area contributed by atoms with Gasteiger partial charge >= 0.3 is 5.97 Å². The average Bonchev–Trinajstić information content (AvgIpc) is 2.74. The van der Waals surface area contributed by atoms with Gasteiger partial charge in [-0.3, -0.25) is 9.69 Å². The van der Waals surface area contributed by atoms with Gasteiger partial charge in [-0.25, -0.2) is 4.98 Å². The SMILES string of the molecule is CCn1ccnc1CN(C)CC(C)C(=O)OC. The van der Waals surface area contributed by atoms with Crippen LogP contribution in [0.1, 0.15) is 19.7 Å². The molecule has 17 heavy (non-hydrogen) atoms. The molecule has 0 N–H and O–H groups in total. The maximum atomic E-state index is 11.3. The summed E-state index contributed by atoms with van der Waals surface area (Å²) < 4.78 is 6.80. The first-order valence-corrected chi connectivity index (χ1v) is 5.84. The maximum absolute atomic E-state index is 11.3. The van der Waals surface area contributed by atoms with Crippen molar-refractivity contribution < 1.29 is 9.53 Å². The number of esters is 1. The summed E-state index contributed by atoms with van der Waals surface area (Å²) in [6.07, 6.45) is 3.77. The number of aryl methyl sites for hydroxylation is 1. The van der Waals surface area contributed by atoms with Crippen molar-refractivity contribution in [3.8, 4) is 0 Å². The van der Waals surface area contributed by atoms with Gasteiger partial charge < -0.3 is 9.30 Å². The van der Waals surface area contributed by atoms with Crippen molar-refractivity contribution in [3.63, 3.8) is 0 Å². The monoisotopic (exact) mass is 239 g/mol. The smallest absolute Gasteiger partial charge is 0.309 e. The molecule has 1 aromatic rings. The summed E-state index contributed by atoms with van der Waals surface area (Å²) in [7, 11) is 3.40. The van der Waals surface area contributed by atoms with Crippen LogP contribution in [0.2, 0.25) is 0 Å². The second-order valence-electron chi connectivity index (χ2n) is 4.25. The van der Waals surface area contributed by atoms with Crippen LogP contribution in [0, 0.1) is 5.92 Å². The summed E-state index contributed by atoms with van der Waals surface area (Å²) in [6.45, 7) is 6.28. The second-order valence-corrected chi connectivity index (χ2v) is 4.25. The molecule has 0 aromatic carbocycles. The second kappa shape index (κ2) is 6.39. The van der Waals surface area contributed by atoms with Crippen LogP contribution in [0.25, 0.3) is 0 Å². The Kier molecular flexibility index (Phi) is 5.15. The van der Waals surface area contributed by atoms with E-state index in [1.165, 1.54) is 7.11 Å². The number of hydrogen-bond acceptors (Lipinski definition) is 4. The third-order valence-electron chi connectivity index (χ3n) is 2.74. The lowest BCUT2D eigenvalue weighted by atomic mass is 10.2. The Balaban J connectivity index is 2.49. The highest BCUT2D eigenvalue weighted by Crippen LogP contribution is 2.05. The minimum atomic E-state index is -0.171. The molecule has 0 spiro atoms. The molecule has 0 saturated heterocycles. The van der Waals surface area contributed by atoms with E-state index in [0.29, 0.717) is 6.54 Å². The fourth-order valence-electron chi connectivity index (χ4n) is 1.83. The molecular formula is C12H21N3O2. The Morgan fingerprint density at radius 3 is 2.94 bits per heavy atom. The molecule has 1 aromatic heterocycles. The minimum absolute atomic E-state index is 0.116. The minimum Gasteiger partial charge on any atom is -0.469 e. The molecule has 96 valence electrons. The van der Waals surface area contributed by atoms with E-state index >= 15 is 0 Å². The molecule has 1 unspecified atom stereocenters. The maximum Gasteiger partial charge on any atom is 0.309 e. The lowest BCUT2D eigenvalue weighted by molar-refractivity contribution is -0.145. The van der Waals surface area contributed by atoms with E-state index in [4.69, 9.17) is 4.74 Å². The van der Waals surface area contributed by atoms with E-state index in [1.54, 1.807) is 6.20 Å². The number of carbonyl (C=O) groups is 1. The summed E-state index contributed by atoms with van der Waals surface area (Å²) in [6, 6.07) is 0. The molecule has 5 nitrogen and oxygen atoms in total. The van der Waals surface area contributed by atoms with E-state index in [2.05, 4.69) is 21.4 Å². The lowest BCUT2D eigenvalue weighted by Crippen LogP contribution is -2.30. The highest BCUT2D eigenvalue weighted by atomic mass is 16.5. The molecule has 0 amide bonds. The zero-order valence-corrected chi connectivity index (χ0v) is 11.0. The van der Waals surface area contributed by atoms with Crippen molar-refractivity contribution >= 4 is 5.97 Å². The fourth-order valence-corrected chi connectivity index (χ4v) is 1.83. The zero-order chi connectivity index (χ0) is 12.8. The first kappa shape index (κ1) is 13.7. The van der Waals surface area contributed by atoms with Crippen LogP contribution in [0.5, 0.6) is 0 Å². The molecule has 1 heterocycles. The predicted octanol–water partition coefficient (Wildman–Crippen LogP) is 1.14. The topological polar surface area (TPSA) is 47.4 Å². The van der Waals surface area contributed by atoms with Crippen LogP contribution in [0.4, 0.5) is 0 Å². The van der Waals surface area contributed by atoms with Crippen molar-refractivity contribution in [2.24, 2.45) is 5.92 Å². The Morgan fingerprint density at radius 2 is 2.35 bits per heavy atom. The van der Waals surface area contributed by atoms with Gasteiger partial charge in [0.2, 0.25) is 0 Å². The van der Waals surface area contributed by atoms with Gasteiger partial charge in [-0.1, -0.05) is 6.92 Å². The van der Waals surface area contributed by atoms with Crippen molar-refractivity contribution in [3.05, 3.63) is 18.2 Å². The number of rotatable bonds is 6. The number of ether oxygens (including phenoxy) is 1. The zero-order valence-electron chi connectivity index (χ0n) is 11.0. The molecular weight excluding hydrogens is 218 g/mol. The number of carbonyl (C=O) groups excluding carboxylic acids is 1. The highest BCUT2D eigenvalue weighted by molar-refractivity contribution is 5.71. The number of methoxy groups -OCH3 is 1. The van der Waals surface area contributed by atoms with Crippen LogP contribution < -0.4 is 0 Å². The van der Waals surface area contributed by atoms with Crippen LogP contribution in [-0.4, -0.2) is 41.1 Å². The molecule has 0 radical (unpaired) electrons. The standard InChI is InChI=1S/C12H21N3O2/c1-5-15-7-6-13-11(15)9-14(3)8-10(2)12(16)17-4/h6-7,10H,5,8-9H2,1-4H3. The quantitative estimate of drug-likeness (QED) is 0.699. The molecule has 5 heteroatoms. The summed E-state index contributed by atoms with van der Waals surface area (Å²) in [5, 5.41) is 0. The van der Waals surface area contributed by atoms with Crippen LogP contribution >= 0.6 is 0 Å². The molecule has 0 saturated carbocycles. The van der Waals surface area contributed by atoms with Gasteiger partial charge in [-0.05, 0) is 14.0 Å². The van der Waals surface area contributed by atoms with E-state index in [0.717, 1.165) is 18.9 Å². The van der Waals surface area contributed by atoms with E-state index in [9.17, 15) is 4.79 Å². The van der Waals surface area contributed by atoms with Crippen LogP contribution in [-0.2, 0) is 22.6 Å². The normalized spacial score (nSPS) is 12.8. The number of aromatic nitrogens is 2. The first-order valence-electron chi connectivity index (χ1n) is 5.84. The Labute approximate surface area is 102 Å². The molecule has 0 aliphatic carbocycles. The Hall–Kier alpha value is -1.36. The summed E-state index contributed by atoms with van der Waals surface area (Å²) >= 11 is 0. The van der Waals surface area contributed by atoms with Crippen molar-refractivity contribution in [1.29, 1.82) is 0 Å². The molecule has 0 fully saturated rings. The van der Waals surface area contributed by atoms with Crippen molar-refractivity contribution in [2.45, 2.75) is 26.9 Å². The van der Waals surface area contributed by atoms with Gasteiger partial charge in [-0.15, -0.1) is 0 Å².